The molecule has 0 atom stereocenters. The van der Waals surface area contributed by atoms with Crippen LogP contribution in [0.25, 0.3) is 10.4 Å². The summed E-state index contributed by atoms with van der Waals surface area (Å²) < 4.78 is 13.5. The number of halogens is 1. The van der Waals surface area contributed by atoms with E-state index in [1.54, 1.807) is 12.1 Å². The van der Waals surface area contributed by atoms with Gasteiger partial charge in [0, 0.05) is 15.8 Å². The van der Waals surface area contributed by atoms with Gasteiger partial charge in [-0.25, -0.2) is 9.18 Å². The quantitative estimate of drug-likeness (QED) is 0.865. The molecule has 2 rings (SSSR count). The van der Waals surface area contributed by atoms with Gasteiger partial charge in [0.1, 0.15) is 5.82 Å². The second-order valence-corrected chi connectivity index (χ2v) is 4.40. The fraction of sp³-hybridized carbons (Fsp3) is 0.0833. The summed E-state index contributed by atoms with van der Waals surface area (Å²) in [5.41, 5.74) is 1.60. The summed E-state index contributed by atoms with van der Waals surface area (Å²) in [7, 11) is 0. The third kappa shape index (κ3) is 1.97. The van der Waals surface area contributed by atoms with Gasteiger partial charge >= 0.3 is 5.97 Å². The second-order valence-electron chi connectivity index (χ2n) is 3.49. The van der Waals surface area contributed by atoms with Crippen LogP contribution in [0.4, 0.5) is 4.39 Å². The highest BCUT2D eigenvalue weighted by atomic mass is 32.1. The predicted octanol–water partition coefficient (Wildman–Crippen LogP) is 3.56. The van der Waals surface area contributed by atoms with Crippen molar-refractivity contribution < 1.29 is 14.3 Å². The van der Waals surface area contributed by atoms with E-state index < -0.39 is 5.97 Å². The molecule has 1 aromatic carbocycles. The van der Waals surface area contributed by atoms with Gasteiger partial charge in [-0.1, -0.05) is 11.6 Å². The normalized spacial score (nSPS) is 10.4. The van der Waals surface area contributed by atoms with Crippen LogP contribution in [0, 0.1) is 12.7 Å². The molecular formula is C12H9FO2S. The minimum atomic E-state index is -0.990. The van der Waals surface area contributed by atoms with Crippen LogP contribution in [-0.2, 0) is 0 Å². The molecule has 1 aromatic heterocycles. The molecule has 4 heteroatoms. The summed E-state index contributed by atoms with van der Waals surface area (Å²) in [6, 6.07) is 6.28. The van der Waals surface area contributed by atoms with E-state index in [9.17, 15) is 9.18 Å². The van der Waals surface area contributed by atoms with E-state index in [0.717, 1.165) is 5.56 Å². The van der Waals surface area contributed by atoms with Gasteiger partial charge in [0.2, 0.25) is 0 Å². The first-order valence-corrected chi connectivity index (χ1v) is 5.54. The Morgan fingerprint density at radius 2 is 2.12 bits per heavy atom. The molecule has 2 aromatic rings. The number of carboxylic acid groups (broad SMARTS) is 1. The molecule has 0 fully saturated rings. The Balaban J connectivity index is 2.50. The third-order valence-electron chi connectivity index (χ3n) is 2.23. The molecule has 2 nitrogen and oxygen atoms in total. The van der Waals surface area contributed by atoms with Crippen molar-refractivity contribution in [1.82, 2.24) is 0 Å². The van der Waals surface area contributed by atoms with Crippen molar-refractivity contribution in [2.24, 2.45) is 0 Å². The zero-order valence-electron chi connectivity index (χ0n) is 8.53. The van der Waals surface area contributed by atoms with Crippen LogP contribution in [0.3, 0.4) is 0 Å². The molecule has 82 valence electrons. The Hall–Kier alpha value is -1.68. The van der Waals surface area contributed by atoms with Gasteiger partial charge in [-0.15, -0.1) is 11.3 Å². The lowest BCUT2D eigenvalue weighted by Crippen LogP contribution is -1.91. The molecule has 0 aliphatic carbocycles. The summed E-state index contributed by atoms with van der Waals surface area (Å²) in [4.78, 5) is 11.3. The highest BCUT2D eigenvalue weighted by Gasteiger charge is 2.11. The van der Waals surface area contributed by atoms with Crippen LogP contribution in [0.2, 0.25) is 0 Å². The monoisotopic (exact) mass is 236 g/mol. The molecule has 16 heavy (non-hydrogen) atoms. The van der Waals surface area contributed by atoms with Crippen LogP contribution in [-0.4, -0.2) is 11.1 Å². The van der Waals surface area contributed by atoms with Gasteiger partial charge < -0.3 is 5.11 Å². The van der Waals surface area contributed by atoms with E-state index in [1.807, 2.05) is 6.92 Å². The molecule has 0 spiro atoms. The molecule has 0 aliphatic rings. The summed E-state index contributed by atoms with van der Waals surface area (Å²) in [6.07, 6.45) is 0. The van der Waals surface area contributed by atoms with Gasteiger partial charge in [0.05, 0.1) is 5.56 Å². The summed E-state index contributed by atoms with van der Waals surface area (Å²) >= 11 is 1.23. The number of carboxylic acids is 1. The molecular weight excluding hydrogens is 227 g/mol. The van der Waals surface area contributed by atoms with E-state index >= 15 is 0 Å². The number of benzene rings is 1. The zero-order valence-corrected chi connectivity index (χ0v) is 9.34. The van der Waals surface area contributed by atoms with E-state index in [-0.39, 0.29) is 11.4 Å². The molecule has 0 radical (unpaired) electrons. The van der Waals surface area contributed by atoms with E-state index in [0.29, 0.717) is 10.4 Å². The highest BCUT2D eigenvalue weighted by molar-refractivity contribution is 7.13. The number of aromatic carboxylic acids is 1. The van der Waals surface area contributed by atoms with Crippen LogP contribution in [0.1, 0.15) is 15.9 Å². The zero-order chi connectivity index (χ0) is 11.7. The minimum absolute atomic E-state index is 0.195. The Bertz CT molecular complexity index is 546. The molecule has 0 unspecified atom stereocenters. The molecule has 0 saturated heterocycles. The number of thiophene rings is 1. The average molecular weight is 236 g/mol. The second kappa shape index (κ2) is 4.06. The fourth-order valence-electron chi connectivity index (χ4n) is 1.42. The maximum Gasteiger partial charge on any atom is 0.336 e. The molecule has 0 saturated carbocycles. The Labute approximate surface area is 96.0 Å². The van der Waals surface area contributed by atoms with Crippen LogP contribution < -0.4 is 0 Å². The van der Waals surface area contributed by atoms with Crippen molar-refractivity contribution in [3.8, 4) is 10.4 Å². The lowest BCUT2D eigenvalue weighted by molar-refractivity contribution is 0.0697. The SMILES string of the molecule is Cc1ccc(F)c(-c2cc(C(=O)O)cs2)c1. The lowest BCUT2D eigenvalue weighted by Gasteiger charge is -2.01. The van der Waals surface area contributed by atoms with E-state index in [2.05, 4.69) is 0 Å². The summed E-state index contributed by atoms with van der Waals surface area (Å²) in [5, 5.41) is 10.3. The van der Waals surface area contributed by atoms with Crippen molar-refractivity contribution in [1.29, 1.82) is 0 Å². The molecule has 1 N–H and O–H groups in total. The fourth-order valence-corrected chi connectivity index (χ4v) is 2.32. The van der Waals surface area contributed by atoms with Crippen molar-refractivity contribution in [2.45, 2.75) is 6.92 Å². The number of rotatable bonds is 2. The Kier molecular flexibility index (Phi) is 2.75. The van der Waals surface area contributed by atoms with E-state index in [1.165, 1.54) is 28.8 Å². The first kappa shape index (κ1) is 10.8. The minimum Gasteiger partial charge on any atom is -0.478 e. The van der Waals surface area contributed by atoms with Crippen molar-refractivity contribution in [3.05, 3.63) is 46.6 Å². The van der Waals surface area contributed by atoms with Crippen LogP contribution >= 0.6 is 11.3 Å². The maximum absolute atomic E-state index is 13.5. The first-order chi connectivity index (χ1) is 7.58. The van der Waals surface area contributed by atoms with Gasteiger partial charge in [-0.2, -0.15) is 0 Å². The Morgan fingerprint density at radius 1 is 1.38 bits per heavy atom. The topological polar surface area (TPSA) is 37.3 Å². The average Bonchev–Trinajstić information content (AvgIpc) is 2.70. The third-order valence-corrected chi connectivity index (χ3v) is 3.20. The van der Waals surface area contributed by atoms with Crippen molar-refractivity contribution in [3.63, 3.8) is 0 Å². The van der Waals surface area contributed by atoms with Crippen molar-refractivity contribution in [2.75, 3.05) is 0 Å². The number of aryl methyl sites for hydroxylation is 1. The van der Waals surface area contributed by atoms with E-state index in [4.69, 9.17) is 5.11 Å². The maximum atomic E-state index is 13.5. The molecule has 0 aliphatic heterocycles. The first-order valence-electron chi connectivity index (χ1n) is 4.66. The summed E-state index contributed by atoms with van der Waals surface area (Å²) in [5.74, 6) is -1.32. The van der Waals surface area contributed by atoms with Crippen LogP contribution in [0.15, 0.2) is 29.6 Å². The number of hydrogen-bond acceptors (Lipinski definition) is 2. The summed E-state index contributed by atoms with van der Waals surface area (Å²) in [6.45, 7) is 1.87. The molecule has 1 heterocycles. The number of hydrogen-bond donors (Lipinski definition) is 1. The van der Waals surface area contributed by atoms with Crippen molar-refractivity contribution >= 4 is 17.3 Å². The molecule has 0 bridgehead atoms. The Morgan fingerprint density at radius 3 is 2.75 bits per heavy atom. The van der Waals surface area contributed by atoms with Gasteiger partial charge in [-0.05, 0) is 25.1 Å². The van der Waals surface area contributed by atoms with Crippen LogP contribution in [0.5, 0.6) is 0 Å². The van der Waals surface area contributed by atoms with Gasteiger partial charge in [0.15, 0.2) is 0 Å². The predicted molar refractivity (Wildman–Crippen MR) is 61.4 cm³/mol. The molecule has 0 amide bonds. The number of carbonyl (C=O) groups is 1. The van der Waals surface area contributed by atoms with Gasteiger partial charge in [-0.3, -0.25) is 0 Å². The highest BCUT2D eigenvalue weighted by Crippen LogP contribution is 2.30. The lowest BCUT2D eigenvalue weighted by atomic mass is 10.1. The largest absolute Gasteiger partial charge is 0.478 e. The smallest absolute Gasteiger partial charge is 0.336 e. The standard InChI is InChI=1S/C12H9FO2S/c1-7-2-3-10(13)9(4-7)11-5-8(6-16-11)12(14)15/h2-6H,1H3,(H,14,15). The van der Waals surface area contributed by atoms with Gasteiger partial charge in [0.25, 0.3) is 0 Å².